The van der Waals surface area contributed by atoms with E-state index < -0.39 is 24.3 Å². The highest BCUT2D eigenvalue weighted by atomic mass is 16.7. The molecule has 0 heterocycles. The molecular weight excluding hydrogens is 1250 g/mol. The quantitative estimate of drug-likeness (QED) is 0.0256. The van der Waals surface area contributed by atoms with Gasteiger partial charge in [-0.3, -0.25) is 9.59 Å². The van der Waals surface area contributed by atoms with Gasteiger partial charge in [-0.15, -0.1) is 0 Å². The fraction of sp³-hybridized carbons (Fsp3) is 0.967. The summed E-state index contributed by atoms with van der Waals surface area (Å²) in [6.45, 7) is 4.87. The summed E-state index contributed by atoms with van der Waals surface area (Å²) in [5.74, 6) is -2.23. The zero-order valence-electron chi connectivity index (χ0n) is 69.4. The van der Waals surface area contributed by atoms with Gasteiger partial charge < -0.3 is 33.3 Å². The molecule has 0 aliphatic heterocycles. The van der Waals surface area contributed by atoms with E-state index in [-0.39, 0.29) is 32.2 Å². The first kappa shape index (κ1) is 99.3. The van der Waals surface area contributed by atoms with Gasteiger partial charge in [-0.1, -0.05) is 489 Å². The molecule has 101 heavy (non-hydrogen) atoms. The molecule has 0 N–H and O–H groups in total. The average Bonchev–Trinajstić information content (AvgIpc) is 1.21. The van der Waals surface area contributed by atoms with Crippen molar-refractivity contribution in [1.82, 2.24) is 0 Å². The Morgan fingerprint density at radius 2 is 0.446 bits per heavy atom. The molecule has 0 aliphatic carbocycles. The van der Waals surface area contributed by atoms with E-state index in [0.29, 0.717) is 17.4 Å². The van der Waals surface area contributed by atoms with E-state index in [2.05, 4.69) is 13.8 Å². The van der Waals surface area contributed by atoms with E-state index in [4.69, 9.17) is 18.9 Å². The SMILES string of the molecule is CCCCCCCCCCCCCCCCCCCCCCCCCCCCCCCCCCCCCCCCCCC(=O)OC(COC(=O)CCCCCCCCCCCCCCCCCCCCCCCCCCCCCCCCCCCCCC)COC(OCC[N+](C)(C)C)C(=O)[O-]. The predicted octanol–water partition coefficient (Wildman–Crippen LogP) is 28.7. The molecule has 0 saturated heterocycles. The van der Waals surface area contributed by atoms with E-state index in [0.717, 1.165) is 38.5 Å². The molecular formula is C92H181NO8. The molecule has 2 atom stereocenters. The minimum atomic E-state index is -1.62. The Morgan fingerprint density at radius 3 is 0.634 bits per heavy atom. The van der Waals surface area contributed by atoms with Crippen LogP contribution in [-0.2, 0) is 33.3 Å². The Labute approximate surface area is 632 Å². The second-order valence-electron chi connectivity index (χ2n) is 33.3. The number of hydrogen-bond acceptors (Lipinski definition) is 8. The van der Waals surface area contributed by atoms with Crippen LogP contribution in [0.1, 0.15) is 515 Å². The summed E-state index contributed by atoms with van der Waals surface area (Å²) in [6.07, 6.45) is 103. The topological polar surface area (TPSA) is 111 Å². The molecule has 0 bridgehead atoms. The number of rotatable bonds is 89. The predicted molar refractivity (Wildman–Crippen MR) is 436 cm³/mol. The van der Waals surface area contributed by atoms with Crippen molar-refractivity contribution < 1.29 is 42.9 Å². The van der Waals surface area contributed by atoms with Gasteiger partial charge in [0.2, 0.25) is 0 Å². The number of carboxylic acids is 1. The molecule has 0 saturated carbocycles. The lowest BCUT2D eigenvalue weighted by atomic mass is 10.0. The summed E-state index contributed by atoms with van der Waals surface area (Å²) in [4.78, 5) is 37.7. The number of unbranched alkanes of at least 4 members (excludes halogenated alkanes) is 74. The number of carbonyl (C=O) groups excluding carboxylic acids is 3. The molecule has 0 fully saturated rings. The average molecular weight is 1430 g/mol. The van der Waals surface area contributed by atoms with Crippen LogP contribution in [0.3, 0.4) is 0 Å². The Bertz CT molecular complexity index is 1620. The maximum atomic E-state index is 13.0. The third-order valence-electron chi connectivity index (χ3n) is 21.9. The molecule has 0 spiro atoms. The lowest BCUT2D eigenvalue weighted by Crippen LogP contribution is -2.44. The van der Waals surface area contributed by atoms with Crippen LogP contribution in [0.15, 0.2) is 0 Å². The van der Waals surface area contributed by atoms with Gasteiger partial charge in [-0.25, -0.2) is 0 Å². The summed E-state index contributed by atoms with van der Waals surface area (Å²) >= 11 is 0. The largest absolute Gasteiger partial charge is 0.545 e. The molecule has 9 nitrogen and oxygen atoms in total. The highest BCUT2D eigenvalue weighted by molar-refractivity contribution is 5.70. The molecule has 0 rings (SSSR count). The maximum absolute atomic E-state index is 13.0. The van der Waals surface area contributed by atoms with Gasteiger partial charge in [-0.05, 0) is 12.8 Å². The van der Waals surface area contributed by atoms with Crippen LogP contribution >= 0.6 is 0 Å². The standard InChI is InChI=1S/C92H181NO8/c1-6-8-10-12-14-16-18-20-22-24-26-28-30-32-34-36-38-40-42-44-45-46-47-49-51-53-55-57-59-61-63-65-67-69-71-73-75-77-79-81-83-90(95)101-88(87-100-92(91(96)97)98-85-84-93(3,4)5)86-99-89(94)82-80-78-76-74-72-70-68-66-64-62-60-58-56-54-52-50-48-43-41-39-37-35-33-31-29-27-25-23-21-19-17-15-13-11-9-7-2/h88,92H,6-87H2,1-5H3. The number of carbonyl (C=O) groups is 3. The highest BCUT2D eigenvalue weighted by Crippen LogP contribution is 2.22. The number of hydrogen-bond donors (Lipinski definition) is 0. The van der Waals surface area contributed by atoms with Crippen molar-refractivity contribution in [2.75, 3.05) is 47.5 Å². The first-order valence-electron chi connectivity index (χ1n) is 46.2. The van der Waals surface area contributed by atoms with Crippen LogP contribution in [-0.4, -0.2) is 82.3 Å². The molecule has 0 aromatic heterocycles. The molecule has 0 radical (unpaired) electrons. The lowest BCUT2D eigenvalue weighted by molar-refractivity contribution is -0.870. The Hall–Kier alpha value is -1.71. The third kappa shape index (κ3) is 85.4. The molecule has 0 aromatic carbocycles. The lowest BCUT2D eigenvalue weighted by Gasteiger charge is -2.26. The fourth-order valence-electron chi connectivity index (χ4n) is 14.8. The molecule has 0 aliphatic rings. The van der Waals surface area contributed by atoms with Crippen LogP contribution in [0.4, 0.5) is 0 Å². The normalized spacial score (nSPS) is 12.4. The van der Waals surface area contributed by atoms with Crippen LogP contribution in [0.25, 0.3) is 0 Å². The first-order valence-corrected chi connectivity index (χ1v) is 46.2. The van der Waals surface area contributed by atoms with E-state index >= 15 is 0 Å². The van der Waals surface area contributed by atoms with Crippen molar-refractivity contribution in [1.29, 1.82) is 0 Å². The number of quaternary nitrogens is 1. The van der Waals surface area contributed by atoms with Crippen molar-refractivity contribution in [2.24, 2.45) is 0 Å². The van der Waals surface area contributed by atoms with E-state index in [1.165, 1.54) is 449 Å². The van der Waals surface area contributed by atoms with Gasteiger partial charge in [0.25, 0.3) is 0 Å². The van der Waals surface area contributed by atoms with Crippen LogP contribution < -0.4 is 5.11 Å². The van der Waals surface area contributed by atoms with Gasteiger partial charge >= 0.3 is 11.9 Å². The summed E-state index contributed by atoms with van der Waals surface area (Å²) in [5.41, 5.74) is 0. The molecule has 9 heteroatoms. The van der Waals surface area contributed by atoms with E-state index in [1.54, 1.807) is 0 Å². The zero-order valence-corrected chi connectivity index (χ0v) is 69.4. The number of esters is 2. The van der Waals surface area contributed by atoms with Crippen LogP contribution in [0, 0.1) is 0 Å². The van der Waals surface area contributed by atoms with Crippen molar-refractivity contribution in [3.05, 3.63) is 0 Å². The summed E-state index contributed by atoms with van der Waals surface area (Å²) < 4.78 is 22.9. The Balaban J connectivity index is 3.86. The van der Waals surface area contributed by atoms with Gasteiger partial charge in [-0.2, -0.15) is 0 Å². The fourth-order valence-corrected chi connectivity index (χ4v) is 14.8. The van der Waals surface area contributed by atoms with Crippen LogP contribution in [0.5, 0.6) is 0 Å². The molecule has 0 aromatic rings. The Morgan fingerprint density at radius 1 is 0.257 bits per heavy atom. The first-order chi connectivity index (χ1) is 49.6. The monoisotopic (exact) mass is 1430 g/mol. The minimum absolute atomic E-state index is 0.154. The number of aliphatic carboxylic acids is 1. The second-order valence-corrected chi connectivity index (χ2v) is 33.3. The molecule has 2 unspecified atom stereocenters. The number of likely N-dealkylation sites (N-methyl/N-ethyl adjacent to an activating group) is 1. The second kappa shape index (κ2) is 83.9. The number of ether oxygens (including phenoxy) is 4. The summed E-state index contributed by atoms with van der Waals surface area (Å²) in [7, 11) is 5.97. The van der Waals surface area contributed by atoms with Crippen LogP contribution in [0.2, 0.25) is 0 Å². The van der Waals surface area contributed by atoms with E-state index in [9.17, 15) is 19.5 Å². The summed E-state index contributed by atoms with van der Waals surface area (Å²) in [5, 5.41) is 11.9. The molecule has 0 amide bonds. The van der Waals surface area contributed by atoms with Crippen molar-refractivity contribution in [3.8, 4) is 0 Å². The van der Waals surface area contributed by atoms with Gasteiger partial charge in [0, 0.05) is 12.8 Å². The van der Waals surface area contributed by atoms with Crippen molar-refractivity contribution in [2.45, 2.75) is 527 Å². The molecule has 602 valence electrons. The third-order valence-corrected chi connectivity index (χ3v) is 21.9. The Kier molecular flexibility index (Phi) is 82.5. The highest BCUT2D eigenvalue weighted by Gasteiger charge is 2.22. The summed E-state index contributed by atoms with van der Waals surface area (Å²) in [6, 6.07) is 0. The minimum Gasteiger partial charge on any atom is -0.545 e. The van der Waals surface area contributed by atoms with Crippen molar-refractivity contribution in [3.63, 3.8) is 0 Å². The van der Waals surface area contributed by atoms with E-state index in [1.807, 2.05) is 21.1 Å². The maximum Gasteiger partial charge on any atom is 0.306 e. The zero-order chi connectivity index (χ0) is 73.2. The van der Waals surface area contributed by atoms with Gasteiger partial charge in [0.1, 0.15) is 13.2 Å². The number of carboxylic acid groups (broad SMARTS) is 1. The number of nitrogens with zero attached hydrogens (tertiary/aromatic N) is 1. The smallest absolute Gasteiger partial charge is 0.306 e. The van der Waals surface area contributed by atoms with Gasteiger partial charge in [0.05, 0.1) is 40.3 Å². The van der Waals surface area contributed by atoms with Gasteiger partial charge in [0.15, 0.2) is 12.4 Å². The van der Waals surface area contributed by atoms with Crippen molar-refractivity contribution >= 4 is 17.9 Å².